The van der Waals surface area contributed by atoms with E-state index in [-0.39, 0.29) is 11.8 Å². The molecule has 0 aromatic carbocycles. The monoisotopic (exact) mass is 362 g/mol. The van der Waals surface area contributed by atoms with Crippen LogP contribution in [0.15, 0.2) is 12.2 Å². The third kappa shape index (κ3) is 1.75. The molecule has 2 bridgehead atoms. The maximum Gasteiger partial charge on any atom is 0.310 e. The minimum absolute atomic E-state index is 0.246. The molecule has 0 saturated heterocycles. The zero-order valence-corrected chi connectivity index (χ0v) is 15.0. The highest BCUT2D eigenvalue weighted by molar-refractivity contribution is 5.85. The van der Waals surface area contributed by atoms with Crippen molar-refractivity contribution in [3.8, 4) is 0 Å². The summed E-state index contributed by atoms with van der Waals surface area (Å²) in [6.45, 7) is 5.72. The minimum atomic E-state index is -1.33. The molecule has 4 rings (SSSR count). The van der Waals surface area contributed by atoms with E-state index >= 15 is 0 Å². The lowest BCUT2D eigenvalue weighted by Gasteiger charge is -2.49. The highest BCUT2D eigenvalue weighted by Gasteiger charge is 2.78. The fourth-order valence-electron chi connectivity index (χ4n) is 7.73. The molecule has 6 nitrogen and oxygen atoms in total. The predicted octanol–water partition coefficient (Wildman–Crippen LogP) is 3.03. The van der Waals surface area contributed by atoms with Gasteiger partial charge in [-0.2, -0.15) is 0 Å². The van der Waals surface area contributed by atoms with E-state index in [4.69, 9.17) is 0 Å². The summed E-state index contributed by atoms with van der Waals surface area (Å²) in [6.07, 6.45) is 3.89. The quantitative estimate of drug-likeness (QED) is 0.665. The van der Waals surface area contributed by atoms with Crippen LogP contribution in [0.5, 0.6) is 0 Å². The van der Waals surface area contributed by atoms with Gasteiger partial charge >= 0.3 is 17.9 Å². The largest absolute Gasteiger partial charge is 0.481 e. The molecule has 0 aliphatic heterocycles. The molecular formula is C20H26O6. The van der Waals surface area contributed by atoms with Crippen molar-refractivity contribution in [1.82, 2.24) is 0 Å². The fourth-order valence-corrected chi connectivity index (χ4v) is 7.73. The topological polar surface area (TPSA) is 112 Å². The van der Waals surface area contributed by atoms with Gasteiger partial charge < -0.3 is 15.3 Å². The smallest absolute Gasteiger partial charge is 0.310 e. The molecule has 142 valence electrons. The Labute approximate surface area is 152 Å². The maximum atomic E-state index is 12.6. The van der Waals surface area contributed by atoms with Gasteiger partial charge in [-0.1, -0.05) is 18.6 Å². The number of fused-ring (bicyclic) bond motifs is 3. The van der Waals surface area contributed by atoms with Crippen molar-refractivity contribution in [2.24, 2.45) is 39.9 Å². The summed E-state index contributed by atoms with van der Waals surface area (Å²) in [5, 5.41) is 30.5. The average molecular weight is 362 g/mol. The molecule has 0 amide bonds. The number of carboxylic acids is 3. The first kappa shape index (κ1) is 17.6. The Bertz CT molecular complexity index is 728. The van der Waals surface area contributed by atoms with Gasteiger partial charge in [-0.3, -0.25) is 14.4 Å². The van der Waals surface area contributed by atoms with E-state index in [1.54, 1.807) is 6.92 Å². The van der Waals surface area contributed by atoms with E-state index in [1.165, 1.54) is 0 Å². The molecule has 0 aromatic rings. The molecule has 3 N–H and O–H groups in total. The molecule has 4 fully saturated rings. The lowest BCUT2D eigenvalue weighted by atomic mass is 9.52. The van der Waals surface area contributed by atoms with Gasteiger partial charge in [0.25, 0.3) is 0 Å². The Balaban J connectivity index is 2.00. The summed E-state index contributed by atoms with van der Waals surface area (Å²) >= 11 is 0. The number of rotatable bonds is 3. The molecule has 1 spiro atoms. The lowest BCUT2D eigenvalue weighted by Crippen LogP contribution is -2.54. The van der Waals surface area contributed by atoms with Crippen molar-refractivity contribution in [2.45, 2.75) is 51.9 Å². The van der Waals surface area contributed by atoms with E-state index in [0.717, 1.165) is 12.0 Å². The maximum absolute atomic E-state index is 12.6. The summed E-state index contributed by atoms with van der Waals surface area (Å²) in [7, 11) is 0. The Hall–Kier alpha value is -1.85. The number of hydrogen-bond donors (Lipinski definition) is 3. The third-order valence-electron chi connectivity index (χ3n) is 8.51. The zero-order chi connectivity index (χ0) is 19.1. The first-order valence-electron chi connectivity index (χ1n) is 9.48. The summed E-state index contributed by atoms with van der Waals surface area (Å²) in [5.41, 5.74) is -2.22. The van der Waals surface area contributed by atoms with Crippen molar-refractivity contribution in [2.75, 3.05) is 0 Å². The molecule has 0 heterocycles. The van der Waals surface area contributed by atoms with Crippen molar-refractivity contribution in [3.63, 3.8) is 0 Å². The standard InChI is InChI=1S/C20H26O6/c1-10-8-19-9-11(10)4-5-12(19)20(17(25)26)7-3-6-18(2,16(23)24)14(20)13(19)15(21)22/h11-14H,1,3-9H2,2H3,(H,21,22)(H,23,24)(H,25,26)/t11?,12-,13-,14-,18-,19+,20-/m1/s1. The second-order valence-corrected chi connectivity index (χ2v) is 9.31. The van der Waals surface area contributed by atoms with Crippen molar-refractivity contribution in [1.29, 1.82) is 0 Å². The Morgan fingerprint density at radius 2 is 1.77 bits per heavy atom. The molecule has 4 aliphatic rings. The highest BCUT2D eigenvalue weighted by atomic mass is 16.4. The van der Waals surface area contributed by atoms with Crippen LogP contribution in [0, 0.1) is 39.9 Å². The highest BCUT2D eigenvalue weighted by Crippen LogP contribution is 2.77. The van der Waals surface area contributed by atoms with Crippen LogP contribution in [-0.4, -0.2) is 33.2 Å². The number of carboxylic acid groups (broad SMARTS) is 3. The van der Waals surface area contributed by atoms with Crippen molar-refractivity contribution < 1.29 is 29.7 Å². The van der Waals surface area contributed by atoms with E-state index in [9.17, 15) is 29.7 Å². The molecule has 0 aromatic heterocycles. The first-order chi connectivity index (χ1) is 12.1. The van der Waals surface area contributed by atoms with Crippen LogP contribution in [0.25, 0.3) is 0 Å². The van der Waals surface area contributed by atoms with Crippen LogP contribution in [-0.2, 0) is 14.4 Å². The third-order valence-corrected chi connectivity index (χ3v) is 8.51. The van der Waals surface area contributed by atoms with Gasteiger partial charge in [0.15, 0.2) is 0 Å². The summed E-state index contributed by atoms with van der Waals surface area (Å²) in [6, 6.07) is 0. The summed E-state index contributed by atoms with van der Waals surface area (Å²) in [5.74, 6) is -4.96. The van der Waals surface area contributed by atoms with Gasteiger partial charge in [0.2, 0.25) is 0 Å². The van der Waals surface area contributed by atoms with Crippen LogP contribution in [0.4, 0.5) is 0 Å². The molecule has 26 heavy (non-hydrogen) atoms. The lowest BCUT2D eigenvalue weighted by molar-refractivity contribution is -0.177. The van der Waals surface area contributed by atoms with Crippen LogP contribution < -0.4 is 0 Å². The second-order valence-electron chi connectivity index (χ2n) is 9.31. The molecule has 0 radical (unpaired) electrons. The second kappa shape index (κ2) is 5.11. The van der Waals surface area contributed by atoms with Gasteiger partial charge in [-0.15, -0.1) is 0 Å². The van der Waals surface area contributed by atoms with Gasteiger partial charge in [-0.25, -0.2) is 0 Å². The number of carbonyl (C=O) groups is 3. The molecule has 4 aliphatic carbocycles. The predicted molar refractivity (Wildman–Crippen MR) is 91.3 cm³/mol. The van der Waals surface area contributed by atoms with Crippen LogP contribution in [0.1, 0.15) is 51.9 Å². The fraction of sp³-hybridized carbons (Fsp3) is 0.750. The number of aliphatic carboxylic acids is 3. The molecular weight excluding hydrogens is 336 g/mol. The van der Waals surface area contributed by atoms with E-state index in [1.807, 2.05) is 0 Å². The van der Waals surface area contributed by atoms with Crippen molar-refractivity contribution in [3.05, 3.63) is 12.2 Å². The Morgan fingerprint density at radius 1 is 1.08 bits per heavy atom. The van der Waals surface area contributed by atoms with Gasteiger partial charge in [0.05, 0.1) is 16.7 Å². The van der Waals surface area contributed by atoms with Crippen LogP contribution >= 0.6 is 0 Å². The van der Waals surface area contributed by atoms with Crippen LogP contribution in [0.2, 0.25) is 0 Å². The summed E-state index contributed by atoms with van der Waals surface area (Å²) < 4.78 is 0. The minimum Gasteiger partial charge on any atom is -0.481 e. The molecule has 4 saturated carbocycles. The molecule has 7 atom stereocenters. The van der Waals surface area contributed by atoms with Crippen LogP contribution in [0.3, 0.4) is 0 Å². The van der Waals surface area contributed by atoms with Gasteiger partial charge in [-0.05, 0) is 62.7 Å². The van der Waals surface area contributed by atoms with E-state index < -0.39 is 46.0 Å². The van der Waals surface area contributed by atoms with E-state index in [2.05, 4.69) is 6.58 Å². The van der Waals surface area contributed by atoms with Gasteiger partial charge in [0, 0.05) is 5.92 Å². The summed E-state index contributed by atoms with van der Waals surface area (Å²) in [4.78, 5) is 37.3. The zero-order valence-electron chi connectivity index (χ0n) is 15.0. The number of hydrogen-bond acceptors (Lipinski definition) is 3. The van der Waals surface area contributed by atoms with Crippen molar-refractivity contribution >= 4 is 17.9 Å². The molecule has 6 heteroatoms. The first-order valence-corrected chi connectivity index (χ1v) is 9.48. The van der Waals surface area contributed by atoms with E-state index in [0.29, 0.717) is 38.5 Å². The molecule has 1 unspecified atom stereocenters. The Morgan fingerprint density at radius 3 is 2.35 bits per heavy atom. The van der Waals surface area contributed by atoms with Gasteiger partial charge in [0.1, 0.15) is 0 Å². The average Bonchev–Trinajstić information content (AvgIpc) is 2.96. The normalized spacial score (nSPS) is 49.3. The Kier molecular flexibility index (Phi) is 3.45. The SMILES string of the molecule is C=C1C[C@]23CC1CC[C@H]2[C@]1(C(=O)O)CCC[C@@](C)(C(=O)O)[C@H]1[C@@H]3C(=O)O. The number of allylic oxidation sites excluding steroid dienone is 1.